The van der Waals surface area contributed by atoms with Gasteiger partial charge in [-0.3, -0.25) is 0 Å². The predicted octanol–water partition coefficient (Wildman–Crippen LogP) is 7.20. The van der Waals surface area contributed by atoms with Crippen LogP contribution in [0, 0.1) is 13.8 Å². The van der Waals surface area contributed by atoms with Crippen molar-refractivity contribution < 1.29 is 4.42 Å². The van der Waals surface area contributed by atoms with Crippen LogP contribution in [0.5, 0.6) is 0 Å². The van der Waals surface area contributed by atoms with Gasteiger partial charge in [0, 0.05) is 11.1 Å². The Morgan fingerprint density at radius 2 is 1.56 bits per heavy atom. The van der Waals surface area contributed by atoms with Crippen LogP contribution in [0.4, 0.5) is 0 Å². The van der Waals surface area contributed by atoms with Gasteiger partial charge in [-0.1, -0.05) is 61.5 Å². The lowest BCUT2D eigenvalue weighted by atomic mass is 9.88. The Morgan fingerprint density at radius 1 is 0.852 bits per heavy atom. The molecule has 0 unspecified atom stereocenters. The number of hydrogen-bond donors (Lipinski definition) is 0. The summed E-state index contributed by atoms with van der Waals surface area (Å²) in [5.41, 5.74) is 9.48. The van der Waals surface area contributed by atoms with Crippen molar-refractivity contribution in [1.82, 2.24) is 0 Å². The average molecular weight is 352 g/mol. The number of aryl methyl sites for hydroxylation is 2. The van der Waals surface area contributed by atoms with E-state index in [4.69, 9.17) is 4.42 Å². The van der Waals surface area contributed by atoms with Crippen molar-refractivity contribution in [2.75, 3.05) is 0 Å². The molecule has 5 rings (SSSR count). The summed E-state index contributed by atoms with van der Waals surface area (Å²) in [6.07, 6.45) is 5.52. The van der Waals surface area contributed by atoms with Crippen molar-refractivity contribution in [3.8, 4) is 11.3 Å². The van der Waals surface area contributed by atoms with E-state index >= 15 is 0 Å². The summed E-state index contributed by atoms with van der Waals surface area (Å²) in [6, 6.07) is 17.5. The van der Waals surface area contributed by atoms with E-state index in [0.29, 0.717) is 0 Å². The highest BCUT2D eigenvalue weighted by molar-refractivity contribution is 6.12. The first-order valence-electron chi connectivity index (χ1n) is 9.91. The summed E-state index contributed by atoms with van der Waals surface area (Å²) in [7, 11) is 0. The van der Waals surface area contributed by atoms with Crippen molar-refractivity contribution >= 4 is 22.4 Å². The zero-order valence-electron chi connectivity index (χ0n) is 16.2. The maximum absolute atomic E-state index is 6.48. The van der Waals surface area contributed by atoms with Crippen molar-refractivity contribution in [2.24, 2.45) is 0 Å². The highest BCUT2D eigenvalue weighted by Crippen LogP contribution is 2.48. The molecule has 0 saturated carbocycles. The second kappa shape index (κ2) is 6.13. The number of rotatable bonds is 2. The Balaban J connectivity index is 1.86. The summed E-state index contributed by atoms with van der Waals surface area (Å²) in [6.45, 7) is 6.57. The highest BCUT2D eigenvalue weighted by Gasteiger charge is 2.27. The van der Waals surface area contributed by atoms with Gasteiger partial charge in [-0.2, -0.15) is 0 Å². The molecule has 134 valence electrons. The van der Waals surface area contributed by atoms with Gasteiger partial charge in [-0.05, 0) is 71.7 Å². The van der Waals surface area contributed by atoms with Gasteiger partial charge < -0.3 is 4.42 Å². The van der Waals surface area contributed by atoms with Gasteiger partial charge in [-0.25, -0.2) is 0 Å². The maximum Gasteiger partial charge on any atom is 0.143 e. The minimum Gasteiger partial charge on any atom is -0.460 e. The molecule has 27 heavy (non-hydrogen) atoms. The molecule has 0 aromatic heterocycles. The van der Waals surface area contributed by atoms with Crippen molar-refractivity contribution in [3.05, 3.63) is 82.1 Å². The van der Waals surface area contributed by atoms with Crippen molar-refractivity contribution in [2.45, 2.75) is 40.0 Å². The van der Waals surface area contributed by atoms with E-state index in [0.717, 1.165) is 30.8 Å². The van der Waals surface area contributed by atoms with Gasteiger partial charge in [0.15, 0.2) is 0 Å². The van der Waals surface area contributed by atoms with E-state index in [1.54, 1.807) is 0 Å². The summed E-state index contributed by atoms with van der Waals surface area (Å²) in [5.74, 6) is 2.12. The van der Waals surface area contributed by atoms with Gasteiger partial charge >= 0.3 is 0 Å². The van der Waals surface area contributed by atoms with Crippen LogP contribution < -0.4 is 0 Å². The maximum atomic E-state index is 6.48. The zero-order chi connectivity index (χ0) is 18.5. The second-order valence-electron chi connectivity index (χ2n) is 7.61. The number of allylic oxidation sites excluding steroid dienone is 1. The molecular weight excluding hydrogens is 328 g/mol. The van der Waals surface area contributed by atoms with Gasteiger partial charge in [0.05, 0.1) is 0 Å². The average Bonchev–Trinajstić information content (AvgIpc) is 3.02. The number of hydrogen-bond acceptors (Lipinski definition) is 1. The molecule has 0 bridgehead atoms. The van der Waals surface area contributed by atoms with Gasteiger partial charge in [-0.15, -0.1) is 0 Å². The first kappa shape index (κ1) is 16.4. The Morgan fingerprint density at radius 3 is 2.33 bits per heavy atom. The zero-order valence-corrected chi connectivity index (χ0v) is 16.2. The molecule has 1 aliphatic heterocycles. The standard InChI is InChI=1S/C26H24O/c1-4-21-16(2)24-22-11-7-8-12-23(22)25(26(24)27-17(21)3)20-14-13-18-9-5-6-10-19(18)15-20/h5-12,15H,4,13-14H2,1-3H3. The largest absolute Gasteiger partial charge is 0.460 e. The first-order valence-corrected chi connectivity index (χ1v) is 9.91. The summed E-state index contributed by atoms with van der Waals surface area (Å²) < 4.78 is 6.48. The molecule has 0 atom stereocenters. The number of benzene rings is 2. The fourth-order valence-electron chi connectivity index (χ4n) is 4.85. The molecule has 0 saturated heterocycles. The van der Waals surface area contributed by atoms with E-state index in [1.807, 2.05) is 0 Å². The van der Waals surface area contributed by atoms with Crippen LogP contribution in [0.25, 0.3) is 33.7 Å². The van der Waals surface area contributed by atoms with Crippen molar-refractivity contribution in [1.29, 1.82) is 0 Å². The molecule has 2 aromatic rings. The predicted molar refractivity (Wildman–Crippen MR) is 114 cm³/mol. The molecule has 0 fully saturated rings. The minimum absolute atomic E-state index is 1.00. The molecule has 1 heteroatoms. The Labute approximate surface area is 160 Å². The third-order valence-corrected chi connectivity index (χ3v) is 6.15. The SMILES string of the molecule is CCc1c(C)oc2c(C3=Cc4ccccc4CC3)c3ccccc3c-2c1C. The molecular formula is C26H24O. The second-order valence-corrected chi connectivity index (χ2v) is 7.61. The molecule has 2 aliphatic carbocycles. The Hall–Kier alpha value is -2.80. The van der Waals surface area contributed by atoms with E-state index < -0.39 is 0 Å². The first-order chi connectivity index (χ1) is 13.2. The van der Waals surface area contributed by atoms with E-state index in [1.165, 1.54) is 49.7 Å². The molecule has 0 N–H and O–H groups in total. The molecule has 2 aromatic carbocycles. The molecule has 0 radical (unpaired) electrons. The topological polar surface area (TPSA) is 13.1 Å². The third kappa shape index (κ3) is 2.38. The van der Waals surface area contributed by atoms with Gasteiger partial charge in [0.1, 0.15) is 11.5 Å². The molecule has 1 nitrogen and oxygen atoms in total. The minimum atomic E-state index is 1.00. The van der Waals surface area contributed by atoms with Crippen LogP contribution in [0.3, 0.4) is 0 Å². The summed E-state index contributed by atoms with van der Waals surface area (Å²) >= 11 is 0. The van der Waals surface area contributed by atoms with E-state index in [-0.39, 0.29) is 0 Å². The molecule has 3 aliphatic rings. The van der Waals surface area contributed by atoms with Crippen molar-refractivity contribution in [3.63, 3.8) is 0 Å². The van der Waals surface area contributed by atoms with Crippen LogP contribution in [0.2, 0.25) is 0 Å². The fraction of sp³-hybridized carbons (Fsp3) is 0.231. The summed E-state index contributed by atoms with van der Waals surface area (Å²) in [5, 5.41) is 2.64. The smallest absolute Gasteiger partial charge is 0.143 e. The Bertz CT molecular complexity index is 1170. The van der Waals surface area contributed by atoms with E-state index in [2.05, 4.69) is 75.4 Å². The lowest BCUT2D eigenvalue weighted by Gasteiger charge is -2.18. The van der Waals surface area contributed by atoms with Gasteiger partial charge in [0.25, 0.3) is 0 Å². The molecule has 1 heterocycles. The van der Waals surface area contributed by atoms with Gasteiger partial charge in [0.2, 0.25) is 0 Å². The normalized spacial score (nSPS) is 13.8. The third-order valence-electron chi connectivity index (χ3n) is 6.15. The van der Waals surface area contributed by atoms with Crippen LogP contribution in [0.15, 0.2) is 52.9 Å². The van der Waals surface area contributed by atoms with Crippen LogP contribution in [-0.4, -0.2) is 0 Å². The lowest BCUT2D eigenvalue weighted by molar-refractivity contribution is 0.521. The monoisotopic (exact) mass is 352 g/mol. The molecule has 0 spiro atoms. The Kier molecular flexibility index (Phi) is 3.72. The quantitative estimate of drug-likeness (QED) is 0.372. The lowest BCUT2D eigenvalue weighted by Crippen LogP contribution is -2.00. The van der Waals surface area contributed by atoms with Crippen LogP contribution >= 0.6 is 0 Å². The highest BCUT2D eigenvalue weighted by atomic mass is 16.3. The fourth-order valence-corrected chi connectivity index (χ4v) is 4.85. The summed E-state index contributed by atoms with van der Waals surface area (Å²) in [4.78, 5) is 0. The molecule has 0 amide bonds. The van der Waals surface area contributed by atoms with E-state index in [9.17, 15) is 0 Å². The van der Waals surface area contributed by atoms with Crippen LogP contribution in [0.1, 0.15) is 46.9 Å². The van der Waals surface area contributed by atoms with Crippen LogP contribution in [-0.2, 0) is 12.8 Å². The number of fused-ring (bicyclic) bond motifs is 4.